The maximum absolute atomic E-state index is 9.15. The highest BCUT2D eigenvalue weighted by atomic mass is 127. The molecule has 0 atom stereocenters. The van der Waals surface area contributed by atoms with Crippen LogP contribution in [0.25, 0.3) is 6.08 Å². The number of phenolic OH excluding ortho intramolecular Hbond substituents is 1. The summed E-state index contributed by atoms with van der Waals surface area (Å²) in [4.78, 5) is 2.12. The van der Waals surface area contributed by atoms with Crippen molar-refractivity contribution >= 4 is 6.08 Å². The fourth-order valence-corrected chi connectivity index (χ4v) is 1.49. The zero-order chi connectivity index (χ0) is 11.4. The van der Waals surface area contributed by atoms with Gasteiger partial charge in [-0.3, -0.25) is 0 Å². The summed E-state index contributed by atoms with van der Waals surface area (Å²) in [5, 5.41) is 9.15. The van der Waals surface area contributed by atoms with E-state index in [0.717, 1.165) is 12.1 Å². The number of benzene rings is 1. The molecule has 0 aromatic heterocycles. The first-order valence-corrected chi connectivity index (χ1v) is 5.30. The fraction of sp³-hybridized carbons (Fsp3) is 0.143. The van der Waals surface area contributed by atoms with Crippen LogP contribution in [-0.4, -0.2) is 23.6 Å². The lowest BCUT2D eigenvalue weighted by atomic mass is 10.1. The molecule has 17 heavy (non-hydrogen) atoms. The van der Waals surface area contributed by atoms with Crippen LogP contribution in [0.1, 0.15) is 5.56 Å². The summed E-state index contributed by atoms with van der Waals surface area (Å²) in [7, 11) is 2.05. The van der Waals surface area contributed by atoms with Crippen molar-refractivity contribution < 1.29 is 29.1 Å². The van der Waals surface area contributed by atoms with Gasteiger partial charge in [-0.05, 0) is 35.5 Å². The number of halogens is 1. The van der Waals surface area contributed by atoms with Crippen molar-refractivity contribution in [2.24, 2.45) is 0 Å². The minimum absolute atomic E-state index is 0. The van der Waals surface area contributed by atoms with Crippen LogP contribution >= 0.6 is 0 Å². The minimum atomic E-state index is 0. The van der Waals surface area contributed by atoms with E-state index in [2.05, 4.69) is 29.3 Å². The number of aromatic hydroxyl groups is 1. The standard InChI is InChI=1S/C14H15NO.HI/c1-15-10-8-13(9-11-15)3-2-12-4-6-14(16)7-5-12;/h2-10,16H,11H2,1H3;1H/p-1. The van der Waals surface area contributed by atoms with Gasteiger partial charge in [0.1, 0.15) is 5.75 Å². The molecule has 1 aliphatic heterocycles. The first kappa shape index (κ1) is 13.8. The van der Waals surface area contributed by atoms with Gasteiger partial charge in [-0.25, -0.2) is 0 Å². The Morgan fingerprint density at radius 2 is 1.88 bits per heavy atom. The minimum Gasteiger partial charge on any atom is -1.00 e. The van der Waals surface area contributed by atoms with Gasteiger partial charge in [0.2, 0.25) is 0 Å². The summed E-state index contributed by atoms with van der Waals surface area (Å²) in [6, 6.07) is 7.17. The molecule has 0 amide bonds. The average molecular weight is 340 g/mol. The summed E-state index contributed by atoms with van der Waals surface area (Å²) < 4.78 is 0. The molecule has 1 aliphatic rings. The Labute approximate surface area is 119 Å². The van der Waals surface area contributed by atoms with E-state index in [1.54, 1.807) is 12.1 Å². The molecular formula is C14H15INO-. The Hall–Kier alpha value is -1.23. The predicted molar refractivity (Wildman–Crippen MR) is 67.0 cm³/mol. The highest BCUT2D eigenvalue weighted by Gasteiger charge is 1.96. The third-order valence-electron chi connectivity index (χ3n) is 2.50. The zero-order valence-corrected chi connectivity index (χ0v) is 11.8. The number of rotatable bonds is 2. The Bertz CT molecular complexity index is 446. The molecule has 1 heterocycles. The van der Waals surface area contributed by atoms with E-state index in [-0.39, 0.29) is 24.0 Å². The van der Waals surface area contributed by atoms with Crippen molar-refractivity contribution in [1.29, 1.82) is 0 Å². The molecule has 0 radical (unpaired) electrons. The molecule has 0 spiro atoms. The normalized spacial score (nSPS) is 14.6. The van der Waals surface area contributed by atoms with Gasteiger partial charge in [-0.2, -0.15) is 0 Å². The van der Waals surface area contributed by atoms with Crippen molar-refractivity contribution in [3.05, 3.63) is 59.8 Å². The fourth-order valence-electron chi connectivity index (χ4n) is 1.49. The van der Waals surface area contributed by atoms with Crippen molar-refractivity contribution in [2.45, 2.75) is 0 Å². The van der Waals surface area contributed by atoms with Crippen molar-refractivity contribution in [3.63, 3.8) is 0 Å². The topological polar surface area (TPSA) is 23.5 Å². The quantitative estimate of drug-likeness (QED) is 0.754. The Balaban J connectivity index is 0.00000144. The van der Waals surface area contributed by atoms with Crippen molar-refractivity contribution in [1.82, 2.24) is 4.90 Å². The van der Waals surface area contributed by atoms with E-state index in [4.69, 9.17) is 5.11 Å². The second kappa shape index (κ2) is 6.49. The summed E-state index contributed by atoms with van der Waals surface area (Å²) in [5.41, 5.74) is 2.30. The van der Waals surface area contributed by atoms with Gasteiger partial charge in [-0.1, -0.05) is 30.4 Å². The molecular weight excluding hydrogens is 325 g/mol. The SMILES string of the molecule is CN1C=CC(C=Cc2ccc(O)cc2)=CC1.[I-]. The summed E-state index contributed by atoms with van der Waals surface area (Å²) >= 11 is 0. The molecule has 0 bridgehead atoms. The van der Waals surface area contributed by atoms with E-state index in [1.165, 1.54) is 5.57 Å². The molecule has 0 unspecified atom stereocenters. The zero-order valence-electron chi connectivity index (χ0n) is 9.68. The molecule has 0 aliphatic carbocycles. The molecule has 0 saturated carbocycles. The number of hydrogen-bond acceptors (Lipinski definition) is 2. The average Bonchev–Trinajstić information content (AvgIpc) is 2.30. The maximum atomic E-state index is 9.15. The molecule has 2 nitrogen and oxygen atoms in total. The number of nitrogens with zero attached hydrogens (tertiary/aromatic N) is 1. The van der Waals surface area contributed by atoms with Crippen LogP contribution in [0.3, 0.4) is 0 Å². The van der Waals surface area contributed by atoms with Gasteiger partial charge in [0.05, 0.1) is 0 Å². The van der Waals surface area contributed by atoms with Crippen LogP contribution in [0.4, 0.5) is 0 Å². The molecule has 2 rings (SSSR count). The van der Waals surface area contributed by atoms with Gasteiger partial charge in [0.15, 0.2) is 0 Å². The van der Waals surface area contributed by atoms with Gasteiger partial charge >= 0.3 is 0 Å². The molecule has 1 aromatic carbocycles. The van der Waals surface area contributed by atoms with Crippen molar-refractivity contribution in [3.8, 4) is 5.75 Å². The lowest BCUT2D eigenvalue weighted by Crippen LogP contribution is -3.00. The Morgan fingerprint density at radius 1 is 1.18 bits per heavy atom. The highest BCUT2D eigenvalue weighted by Crippen LogP contribution is 2.13. The monoisotopic (exact) mass is 340 g/mol. The van der Waals surface area contributed by atoms with E-state index < -0.39 is 0 Å². The predicted octanol–water partition coefficient (Wildman–Crippen LogP) is -0.205. The van der Waals surface area contributed by atoms with E-state index >= 15 is 0 Å². The lowest BCUT2D eigenvalue weighted by molar-refractivity contribution is -0.00000422. The van der Waals surface area contributed by atoms with Crippen LogP contribution in [0.5, 0.6) is 5.75 Å². The first-order chi connectivity index (χ1) is 7.74. The van der Waals surface area contributed by atoms with Crippen LogP contribution < -0.4 is 24.0 Å². The number of phenols is 1. The van der Waals surface area contributed by atoms with Crippen LogP contribution in [0.15, 0.2) is 54.3 Å². The Morgan fingerprint density at radius 3 is 2.47 bits per heavy atom. The van der Waals surface area contributed by atoms with E-state index in [0.29, 0.717) is 5.75 Å². The molecule has 3 heteroatoms. The second-order valence-corrected chi connectivity index (χ2v) is 3.88. The lowest BCUT2D eigenvalue weighted by Gasteiger charge is -2.15. The van der Waals surface area contributed by atoms with Crippen LogP contribution in [0, 0.1) is 0 Å². The van der Waals surface area contributed by atoms with Gasteiger partial charge < -0.3 is 34.0 Å². The number of likely N-dealkylation sites (N-methyl/N-ethyl adjacent to an activating group) is 1. The smallest absolute Gasteiger partial charge is 0.115 e. The number of hydrogen-bond donors (Lipinski definition) is 1. The number of allylic oxidation sites excluding steroid dienone is 3. The van der Waals surface area contributed by atoms with Gasteiger partial charge in [0.25, 0.3) is 0 Å². The van der Waals surface area contributed by atoms with E-state index in [9.17, 15) is 0 Å². The van der Waals surface area contributed by atoms with Crippen LogP contribution in [0.2, 0.25) is 0 Å². The van der Waals surface area contributed by atoms with E-state index in [1.807, 2.05) is 25.3 Å². The van der Waals surface area contributed by atoms with Crippen molar-refractivity contribution in [2.75, 3.05) is 13.6 Å². The summed E-state index contributed by atoms with van der Waals surface area (Å²) in [5.74, 6) is 0.301. The molecule has 0 fully saturated rings. The molecule has 1 N–H and O–H groups in total. The van der Waals surface area contributed by atoms with Gasteiger partial charge in [0, 0.05) is 13.6 Å². The third kappa shape index (κ3) is 4.26. The first-order valence-electron chi connectivity index (χ1n) is 5.30. The largest absolute Gasteiger partial charge is 1.00 e. The highest BCUT2D eigenvalue weighted by molar-refractivity contribution is 5.55. The second-order valence-electron chi connectivity index (χ2n) is 3.88. The summed E-state index contributed by atoms with van der Waals surface area (Å²) in [6.45, 7) is 0.950. The molecule has 90 valence electrons. The van der Waals surface area contributed by atoms with Gasteiger partial charge in [-0.15, -0.1) is 0 Å². The summed E-state index contributed by atoms with van der Waals surface area (Å²) in [6.07, 6.45) is 10.4. The molecule has 0 saturated heterocycles. The maximum Gasteiger partial charge on any atom is 0.115 e. The van der Waals surface area contributed by atoms with Crippen LogP contribution in [-0.2, 0) is 0 Å². The molecule has 1 aromatic rings. The third-order valence-corrected chi connectivity index (χ3v) is 2.50. The Kier molecular flexibility index (Phi) is 5.28.